The molecule has 0 unspecified atom stereocenters. The fourth-order valence-corrected chi connectivity index (χ4v) is 3.56. The van der Waals surface area contributed by atoms with Crippen molar-refractivity contribution in [1.29, 1.82) is 0 Å². The van der Waals surface area contributed by atoms with E-state index in [-0.39, 0.29) is 11.3 Å². The Morgan fingerprint density at radius 1 is 0.938 bits per heavy atom. The van der Waals surface area contributed by atoms with Gasteiger partial charge in [-0.1, -0.05) is 35.3 Å². The molecule has 0 amide bonds. The zero-order valence-electron chi connectivity index (χ0n) is 17.0. The van der Waals surface area contributed by atoms with Crippen LogP contribution >= 0.6 is 23.2 Å². The first kappa shape index (κ1) is 21.8. The topological polar surface area (TPSA) is 65.5 Å². The number of Topliss-reactive ketones (excluding diaryl/α,β-unsaturated/α-hetero) is 1. The third-order valence-corrected chi connectivity index (χ3v) is 5.45. The lowest BCUT2D eigenvalue weighted by atomic mass is 10.0. The van der Waals surface area contributed by atoms with Crippen molar-refractivity contribution in [3.05, 3.63) is 94.0 Å². The number of nitrogens with zero attached hydrogens (tertiary/aromatic N) is 1. The number of halogens is 2. The molecule has 1 aromatic heterocycles. The van der Waals surface area contributed by atoms with Crippen LogP contribution in [0.4, 0.5) is 0 Å². The van der Waals surface area contributed by atoms with Gasteiger partial charge >= 0.3 is 5.97 Å². The third-order valence-electron chi connectivity index (χ3n) is 4.90. The molecule has 0 radical (unpaired) electrons. The van der Waals surface area contributed by atoms with Gasteiger partial charge in [0, 0.05) is 21.5 Å². The van der Waals surface area contributed by atoms with E-state index in [0.29, 0.717) is 38.0 Å². The van der Waals surface area contributed by atoms with Gasteiger partial charge in [0.05, 0.1) is 28.9 Å². The number of benzene rings is 3. The molecule has 0 saturated carbocycles. The predicted molar refractivity (Wildman–Crippen MR) is 125 cm³/mol. The highest BCUT2D eigenvalue weighted by molar-refractivity contribution is 6.35. The van der Waals surface area contributed by atoms with E-state index in [1.807, 2.05) is 12.1 Å². The standard InChI is InChI=1S/C25H17Cl2NO4/c1-31-18-11-7-15(8-12-18)22-13-20(19-3-2-4-21(27)24(19)28-22)25(30)32-14-23(29)16-5-9-17(26)10-6-16/h2-13H,14H2,1H3. The number of methoxy groups -OCH3 is 1. The van der Waals surface area contributed by atoms with Gasteiger partial charge in [-0.05, 0) is 60.7 Å². The zero-order chi connectivity index (χ0) is 22.7. The van der Waals surface area contributed by atoms with Gasteiger partial charge in [0.2, 0.25) is 0 Å². The molecule has 0 N–H and O–H groups in total. The number of rotatable bonds is 6. The molecule has 7 heteroatoms. The molecule has 0 bridgehead atoms. The summed E-state index contributed by atoms with van der Waals surface area (Å²) in [6.45, 7) is -0.400. The highest BCUT2D eigenvalue weighted by Gasteiger charge is 2.18. The fraction of sp³-hybridized carbons (Fsp3) is 0.0800. The van der Waals surface area contributed by atoms with E-state index in [2.05, 4.69) is 4.98 Å². The van der Waals surface area contributed by atoms with Gasteiger partial charge in [0.1, 0.15) is 5.75 Å². The summed E-state index contributed by atoms with van der Waals surface area (Å²) in [5.41, 5.74) is 2.47. The monoisotopic (exact) mass is 465 g/mol. The smallest absolute Gasteiger partial charge is 0.339 e. The van der Waals surface area contributed by atoms with Gasteiger partial charge in [-0.2, -0.15) is 0 Å². The van der Waals surface area contributed by atoms with Crippen molar-refractivity contribution < 1.29 is 19.1 Å². The van der Waals surface area contributed by atoms with Crippen LogP contribution in [0.15, 0.2) is 72.8 Å². The van der Waals surface area contributed by atoms with Crippen molar-refractivity contribution in [3.63, 3.8) is 0 Å². The number of pyridine rings is 1. The van der Waals surface area contributed by atoms with Crippen molar-refractivity contribution in [2.45, 2.75) is 0 Å². The van der Waals surface area contributed by atoms with Crippen molar-refractivity contribution in [2.75, 3.05) is 13.7 Å². The number of hydrogen-bond donors (Lipinski definition) is 0. The predicted octanol–water partition coefficient (Wildman–Crippen LogP) is 6.26. The summed E-state index contributed by atoms with van der Waals surface area (Å²) in [6.07, 6.45) is 0. The molecule has 0 fully saturated rings. The SMILES string of the molecule is COc1ccc(-c2cc(C(=O)OCC(=O)c3ccc(Cl)cc3)c3cccc(Cl)c3n2)cc1. The molecule has 3 aromatic carbocycles. The molecular formula is C25H17Cl2NO4. The summed E-state index contributed by atoms with van der Waals surface area (Å²) in [4.78, 5) is 30.0. The van der Waals surface area contributed by atoms with E-state index in [9.17, 15) is 9.59 Å². The summed E-state index contributed by atoms with van der Waals surface area (Å²) in [5, 5.41) is 1.47. The first-order chi connectivity index (χ1) is 15.5. The summed E-state index contributed by atoms with van der Waals surface area (Å²) in [7, 11) is 1.59. The molecule has 0 aliphatic carbocycles. The fourth-order valence-electron chi connectivity index (χ4n) is 3.22. The summed E-state index contributed by atoms with van der Waals surface area (Å²) in [5.74, 6) is -0.272. The molecule has 4 aromatic rings. The van der Waals surface area contributed by atoms with Crippen LogP contribution in [0, 0.1) is 0 Å². The van der Waals surface area contributed by atoms with E-state index in [1.54, 1.807) is 67.8 Å². The van der Waals surface area contributed by atoms with Crippen LogP contribution < -0.4 is 4.74 Å². The van der Waals surface area contributed by atoms with Gasteiger partial charge < -0.3 is 9.47 Å². The van der Waals surface area contributed by atoms with Gasteiger partial charge in [-0.25, -0.2) is 9.78 Å². The lowest BCUT2D eigenvalue weighted by Gasteiger charge is -2.11. The molecule has 0 atom stereocenters. The second-order valence-electron chi connectivity index (χ2n) is 6.93. The Bertz CT molecular complexity index is 1300. The van der Waals surface area contributed by atoms with Crippen LogP contribution in [0.2, 0.25) is 10.0 Å². The maximum atomic E-state index is 13.0. The van der Waals surface area contributed by atoms with Crippen LogP contribution in [0.25, 0.3) is 22.2 Å². The first-order valence-electron chi connectivity index (χ1n) is 9.66. The second kappa shape index (κ2) is 9.39. The maximum absolute atomic E-state index is 13.0. The molecule has 0 aliphatic rings. The van der Waals surface area contributed by atoms with Crippen molar-refractivity contribution in [2.24, 2.45) is 0 Å². The first-order valence-corrected chi connectivity index (χ1v) is 10.4. The molecule has 0 aliphatic heterocycles. The Morgan fingerprint density at radius 3 is 2.34 bits per heavy atom. The maximum Gasteiger partial charge on any atom is 0.339 e. The van der Waals surface area contributed by atoms with E-state index in [1.165, 1.54) is 0 Å². The normalized spacial score (nSPS) is 10.7. The van der Waals surface area contributed by atoms with E-state index in [0.717, 1.165) is 5.56 Å². The number of fused-ring (bicyclic) bond motifs is 1. The molecule has 160 valence electrons. The minimum absolute atomic E-state index is 0.271. The summed E-state index contributed by atoms with van der Waals surface area (Å²) in [6, 6.07) is 20.5. The van der Waals surface area contributed by atoms with Crippen LogP contribution in [0.5, 0.6) is 5.75 Å². The van der Waals surface area contributed by atoms with Crippen molar-refractivity contribution in [3.8, 4) is 17.0 Å². The van der Waals surface area contributed by atoms with Crippen LogP contribution in [0.3, 0.4) is 0 Å². The Kier molecular flexibility index (Phi) is 6.40. The zero-order valence-corrected chi connectivity index (χ0v) is 18.5. The van der Waals surface area contributed by atoms with Gasteiger partial charge in [-0.15, -0.1) is 0 Å². The van der Waals surface area contributed by atoms with Gasteiger partial charge in [0.25, 0.3) is 0 Å². The average molecular weight is 466 g/mol. The lowest BCUT2D eigenvalue weighted by Crippen LogP contribution is -2.15. The Labute approximate surface area is 194 Å². The molecule has 4 rings (SSSR count). The van der Waals surface area contributed by atoms with Gasteiger partial charge in [-0.3, -0.25) is 4.79 Å². The van der Waals surface area contributed by atoms with E-state index >= 15 is 0 Å². The molecule has 32 heavy (non-hydrogen) atoms. The number of hydrogen-bond acceptors (Lipinski definition) is 5. The number of esters is 1. The van der Waals surface area contributed by atoms with Crippen LogP contribution in [0.1, 0.15) is 20.7 Å². The Hall–Kier alpha value is -3.41. The lowest BCUT2D eigenvalue weighted by molar-refractivity contribution is 0.0476. The molecule has 0 saturated heterocycles. The second-order valence-corrected chi connectivity index (χ2v) is 7.77. The number of carbonyl (C=O) groups is 2. The van der Waals surface area contributed by atoms with Gasteiger partial charge in [0.15, 0.2) is 12.4 Å². The average Bonchev–Trinajstić information content (AvgIpc) is 2.82. The minimum atomic E-state index is -0.642. The quantitative estimate of drug-likeness (QED) is 0.248. The number of ketones is 1. The third kappa shape index (κ3) is 4.59. The molecule has 5 nitrogen and oxygen atoms in total. The van der Waals surface area contributed by atoms with E-state index in [4.69, 9.17) is 32.7 Å². The van der Waals surface area contributed by atoms with Crippen molar-refractivity contribution >= 4 is 45.9 Å². The number of ether oxygens (including phenoxy) is 2. The summed E-state index contributed by atoms with van der Waals surface area (Å²) >= 11 is 12.2. The molecule has 0 spiro atoms. The Balaban J connectivity index is 1.67. The van der Waals surface area contributed by atoms with Crippen LogP contribution in [-0.4, -0.2) is 30.5 Å². The Morgan fingerprint density at radius 2 is 1.66 bits per heavy atom. The highest BCUT2D eigenvalue weighted by Crippen LogP contribution is 2.30. The minimum Gasteiger partial charge on any atom is -0.497 e. The van der Waals surface area contributed by atoms with Crippen LogP contribution in [-0.2, 0) is 4.74 Å². The number of para-hydroxylation sites is 1. The highest BCUT2D eigenvalue weighted by atomic mass is 35.5. The van der Waals surface area contributed by atoms with Crippen molar-refractivity contribution in [1.82, 2.24) is 4.98 Å². The van der Waals surface area contributed by atoms with E-state index < -0.39 is 12.6 Å². The molecule has 1 heterocycles. The molecular weight excluding hydrogens is 449 g/mol. The number of aromatic nitrogens is 1. The number of carbonyl (C=O) groups excluding carboxylic acids is 2. The summed E-state index contributed by atoms with van der Waals surface area (Å²) < 4.78 is 10.5. The largest absolute Gasteiger partial charge is 0.497 e.